The summed E-state index contributed by atoms with van der Waals surface area (Å²) in [6, 6.07) is 14.4. The van der Waals surface area contributed by atoms with Gasteiger partial charge in [0.1, 0.15) is 0 Å². The number of rotatable bonds is 7. The van der Waals surface area contributed by atoms with Crippen molar-refractivity contribution in [2.45, 2.75) is 67.8 Å². The van der Waals surface area contributed by atoms with Gasteiger partial charge >= 0.3 is 5.51 Å². The standard InChI is InChI=1S/C32H42F3N3O2S/c1-2-36-22-25-7-3-6-10-30(25)31(23-36,26-8-4-5-9-26)27-15-17-37(18-16-27)19-24-20-38(21-24)28-11-13-29(14-12-28)41(39,40)32(33,34)35/h3,6-7,10-14,24,26-27H,2,4-5,8-9,15-23H2,1H3. The Labute approximate surface area is 242 Å². The van der Waals surface area contributed by atoms with Crippen LogP contribution in [0.1, 0.15) is 56.6 Å². The summed E-state index contributed by atoms with van der Waals surface area (Å²) in [7, 11) is -5.31. The molecule has 0 spiro atoms. The SMILES string of the molecule is CCN1Cc2ccccc2C(C2CCCC2)(C2CCN(CC3CN(c4ccc(S(=O)(=O)C(F)(F)F)cc4)C3)CC2)C1. The lowest BCUT2D eigenvalue weighted by Crippen LogP contribution is -2.57. The second-order valence-electron chi connectivity index (χ2n) is 12.8. The van der Waals surface area contributed by atoms with Crippen LogP contribution >= 0.6 is 0 Å². The molecule has 0 amide bonds. The van der Waals surface area contributed by atoms with E-state index in [1.807, 2.05) is 0 Å². The number of nitrogens with zero attached hydrogens (tertiary/aromatic N) is 3. The van der Waals surface area contributed by atoms with Gasteiger partial charge in [0.05, 0.1) is 4.90 Å². The van der Waals surface area contributed by atoms with Crippen LogP contribution < -0.4 is 4.90 Å². The monoisotopic (exact) mass is 589 g/mol. The van der Waals surface area contributed by atoms with E-state index in [0.717, 1.165) is 69.6 Å². The summed E-state index contributed by atoms with van der Waals surface area (Å²) in [5.41, 5.74) is -1.08. The Bertz CT molecular complexity index is 1310. The third-order valence-corrected chi connectivity index (χ3v) is 12.0. The molecule has 0 bridgehead atoms. The van der Waals surface area contributed by atoms with Crippen LogP contribution in [0.25, 0.3) is 0 Å². The first-order chi connectivity index (χ1) is 19.6. The van der Waals surface area contributed by atoms with Gasteiger partial charge in [-0.3, -0.25) is 4.90 Å². The maximum Gasteiger partial charge on any atom is 0.501 e. The maximum atomic E-state index is 12.9. The zero-order valence-electron chi connectivity index (χ0n) is 24.0. The van der Waals surface area contributed by atoms with Crippen LogP contribution in [-0.4, -0.2) is 69.5 Å². The van der Waals surface area contributed by atoms with Gasteiger partial charge < -0.3 is 9.80 Å². The van der Waals surface area contributed by atoms with E-state index in [1.54, 1.807) is 5.56 Å². The maximum absolute atomic E-state index is 12.9. The van der Waals surface area contributed by atoms with E-state index < -0.39 is 20.2 Å². The van der Waals surface area contributed by atoms with Gasteiger partial charge in [-0.2, -0.15) is 13.2 Å². The van der Waals surface area contributed by atoms with E-state index in [0.29, 0.717) is 11.8 Å². The molecule has 6 rings (SSSR count). The number of hydrogen-bond acceptors (Lipinski definition) is 5. The average molecular weight is 590 g/mol. The van der Waals surface area contributed by atoms with Crippen LogP contribution in [0.2, 0.25) is 0 Å². The molecule has 1 saturated carbocycles. The Morgan fingerprint density at radius 3 is 2.15 bits per heavy atom. The number of likely N-dealkylation sites (N-methyl/N-ethyl adjacent to an activating group) is 1. The van der Waals surface area contributed by atoms with Crippen LogP contribution in [-0.2, 0) is 21.8 Å². The predicted molar refractivity (Wildman–Crippen MR) is 156 cm³/mol. The smallest absolute Gasteiger partial charge is 0.371 e. The number of sulfone groups is 1. The second-order valence-corrected chi connectivity index (χ2v) is 14.7. The number of piperidine rings is 1. The van der Waals surface area contributed by atoms with Crippen molar-refractivity contribution in [1.82, 2.24) is 9.80 Å². The molecule has 2 saturated heterocycles. The molecule has 3 heterocycles. The number of anilines is 1. The number of alkyl halides is 3. The van der Waals surface area contributed by atoms with Crippen molar-refractivity contribution in [3.63, 3.8) is 0 Å². The van der Waals surface area contributed by atoms with E-state index in [2.05, 4.69) is 45.9 Å². The predicted octanol–water partition coefficient (Wildman–Crippen LogP) is 6.09. The van der Waals surface area contributed by atoms with Crippen LogP contribution in [0.4, 0.5) is 18.9 Å². The minimum atomic E-state index is -5.31. The van der Waals surface area contributed by atoms with Crippen LogP contribution in [0.5, 0.6) is 0 Å². The van der Waals surface area contributed by atoms with Crippen molar-refractivity contribution in [3.8, 4) is 0 Å². The molecule has 0 aromatic heterocycles. The van der Waals surface area contributed by atoms with Crippen molar-refractivity contribution in [1.29, 1.82) is 0 Å². The zero-order valence-corrected chi connectivity index (χ0v) is 24.8. The number of halogens is 3. The van der Waals surface area contributed by atoms with Gasteiger partial charge in [-0.25, -0.2) is 8.42 Å². The lowest BCUT2D eigenvalue weighted by atomic mass is 9.57. The topological polar surface area (TPSA) is 43.9 Å². The summed E-state index contributed by atoms with van der Waals surface area (Å²) in [6.45, 7) is 10.6. The molecule has 41 heavy (non-hydrogen) atoms. The molecule has 1 unspecified atom stereocenters. The lowest BCUT2D eigenvalue weighted by molar-refractivity contribution is -0.0436. The van der Waals surface area contributed by atoms with Crippen LogP contribution in [0, 0.1) is 17.8 Å². The van der Waals surface area contributed by atoms with E-state index in [-0.39, 0.29) is 5.41 Å². The first kappa shape index (κ1) is 29.0. The number of benzene rings is 2. The summed E-state index contributed by atoms with van der Waals surface area (Å²) >= 11 is 0. The molecule has 9 heteroatoms. The Balaban J connectivity index is 1.08. The molecule has 2 aromatic rings. The molecule has 1 atom stereocenters. The number of fused-ring (bicyclic) bond motifs is 1. The summed E-state index contributed by atoms with van der Waals surface area (Å²) in [4.78, 5) is 6.72. The van der Waals surface area contributed by atoms with Gasteiger partial charge in [-0.1, -0.05) is 44.0 Å². The molecule has 224 valence electrons. The van der Waals surface area contributed by atoms with Crippen molar-refractivity contribution in [2.24, 2.45) is 17.8 Å². The van der Waals surface area contributed by atoms with Gasteiger partial charge in [0.2, 0.25) is 0 Å². The van der Waals surface area contributed by atoms with E-state index in [4.69, 9.17) is 0 Å². The van der Waals surface area contributed by atoms with Gasteiger partial charge in [-0.05, 0) is 92.5 Å². The van der Waals surface area contributed by atoms with Crippen molar-refractivity contribution < 1.29 is 21.6 Å². The molecule has 2 aromatic carbocycles. The van der Waals surface area contributed by atoms with Crippen LogP contribution in [0.3, 0.4) is 0 Å². The molecule has 1 aliphatic carbocycles. The molecule has 4 aliphatic rings. The highest BCUT2D eigenvalue weighted by Crippen LogP contribution is 2.53. The molecule has 3 aliphatic heterocycles. The van der Waals surface area contributed by atoms with Gasteiger partial charge in [0, 0.05) is 49.7 Å². The second kappa shape index (κ2) is 11.2. The molecule has 3 fully saturated rings. The number of hydrogen-bond donors (Lipinski definition) is 0. The average Bonchev–Trinajstić information content (AvgIpc) is 3.50. The van der Waals surface area contributed by atoms with Crippen molar-refractivity contribution in [3.05, 3.63) is 59.7 Å². The van der Waals surface area contributed by atoms with Gasteiger partial charge in [0.25, 0.3) is 9.84 Å². The normalized spacial score (nSPS) is 25.8. The molecular weight excluding hydrogens is 547 g/mol. The van der Waals surface area contributed by atoms with Crippen molar-refractivity contribution >= 4 is 15.5 Å². The summed E-state index contributed by atoms with van der Waals surface area (Å²) in [5, 5.41) is 0. The molecule has 0 radical (unpaired) electrons. The highest BCUT2D eigenvalue weighted by molar-refractivity contribution is 7.92. The lowest BCUT2D eigenvalue weighted by Gasteiger charge is -2.54. The van der Waals surface area contributed by atoms with Crippen molar-refractivity contribution in [2.75, 3.05) is 50.7 Å². The van der Waals surface area contributed by atoms with E-state index in [1.165, 1.54) is 62.8 Å². The quantitative estimate of drug-likeness (QED) is 0.391. The highest BCUT2D eigenvalue weighted by atomic mass is 32.2. The van der Waals surface area contributed by atoms with E-state index in [9.17, 15) is 21.6 Å². The largest absolute Gasteiger partial charge is 0.501 e. The third-order valence-electron chi connectivity index (χ3n) is 10.5. The molecular formula is C32H42F3N3O2S. The summed E-state index contributed by atoms with van der Waals surface area (Å²) in [5.74, 6) is 1.98. The highest BCUT2D eigenvalue weighted by Gasteiger charge is 2.51. The zero-order chi connectivity index (χ0) is 28.8. The first-order valence-electron chi connectivity index (χ1n) is 15.3. The Kier molecular flexibility index (Phi) is 7.92. The number of likely N-dealkylation sites (tertiary alicyclic amines) is 1. The fraction of sp³-hybridized carbons (Fsp3) is 0.625. The van der Waals surface area contributed by atoms with Gasteiger partial charge in [0.15, 0.2) is 0 Å². The molecule has 0 N–H and O–H groups in total. The van der Waals surface area contributed by atoms with E-state index >= 15 is 0 Å². The minimum absolute atomic E-state index is 0.256. The Hall–Kier alpha value is -2.10. The van der Waals surface area contributed by atoms with Crippen LogP contribution in [0.15, 0.2) is 53.4 Å². The first-order valence-corrected chi connectivity index (χ1v) is 16.8. The fourth-order valence-corrected chi connectivity index (χ4v) is 9.18. The summed E-state index contributed by atoms with van der Waals surface area (Å²) in [6.07, 6.45) is 7.89. The fourth-order valence-electron chi connectivity index (χ4n) is 8.42. The minimum Gasteiger partial charge on any atom is -0.371 e. The Morgan fingerprint density at radius 1 is 0.878 bits per heavy atom. The molecule has 5 nitrogen and oxygen atoms in total. The Morgan fingerprint density at radius 2 is 1.51 bits per heavy atom. The summed E-state index contributed by atoms with van der Waals surface area (Å²) < 4.78 is 61.9. The third kappa shape index (κ3) is 5.31. The van der Waals surface area contributed by atoms with Gasteiger partial charge in [-0.15, -0.1) is 0 Å².